The number of carbonyl (C=O) groups is 1. The fraction of sp³-hybridized carbons (Fsp3) is 0.522. The molecule has 1 saturated heterocycles. The van der Waals surface area contributed by atoms with Crippen molar-refractivity contribution in [1.29, 1.82) is 0 Å². The number of fused-ring (bicyclic) bond motifs is 1. The standard InChI is InChI=1S/C23H29N3O4S/c1-24-12-4-5-19(24)22(27)25-13-10-23(11-14-25)16-26(15-18-8-9-18)31(28,29)21-7-3-2-6-20(21)30-17-23/h2-7,12,18H,8-11,13-17H2,1H3. The van der Waals surface area contributed by atoms with E-state index < -0.39 is 10.0 Å². The highest BCUT2D eigenvalue weighted by molar-refractivity contribution is 7.89. The number of aromatic nitrogens is 1. The average Bonchev–Trinajstić information content (AvgIpc) is 3.49. The Morgan fingerprint density at radius 1 is 1.13 bits per heavy atom. The van der Waals surface area contributed by atoms with Crippen LogP contribution in [-0.2, 0) is 17.1 Å². The molecular formula is C23H29N3O4S. The molecule has 3 heterocycles. The van der Waals surface area contributed by atoms with Gasteiger partial charge < -0.3 is 14.2 Å². The molecule has 2 fully saturated rings. The molecule has 0 atom stereocenters. The molecule has 0 radical (unpaired) electrons. The zero-order chi connectivity index (χ0) is 21.6. The Labute approximate surface area is 183 Å². The van der Waals surface area contributed by atoms with Crippen LogP contribution in [0.5, 0.6) is 5.75 Å². The fourth-order valence-electron chi connectivity index (χ4n) is 4.74. The highest BCUT2D eigenvalue weighted by Gasteiger charge is 2.45. The molecule has 0 unspecified atom stereocenters. The second-order valence-electron chi connectivity index (χ2n) is 9.27. The molecule has 1 amide bonds. The van der Waals surface area contributed by atoms with Crippen LogP contribution >= 0.6 is 0 Å². The molecule has 7 nitrogen and oxygen atoms in total. The number of aryl methyl sites for hydroxylation is 1. The predicted molar refractivity (Wildman–Crippen MR) is 116 cm³/mol. The minimum Gasteiger partial charge on any atom is -0.492 e. The van der Waals surface area contributed by atoms with Crippen molar-refractivity contribution >= 4 is 15.9 Å². The Balaban J connectivity index is 1.40. The lowest BCUT2D eigenvalue weighted by Gasteiger charge is -2.45. The van der Waals surface area contributed by atoms with Crippen LogP contribution < -0.4 is 4.74 Å². The van der Waals surface area contributed by atoms with Crippen molar-refractivity contribution in [1.82, 2.24) is 13.8 Å². The molecule has 166 valence electrons. The van der Waals surface area contributed by atoms with E-state index in [9.17, 15) is 13.2 Å². The first kappa shape index (κ1) is 20.6. The molecule has 31 heavy (non-hydrogen) atoms. The van der Waals surface area contributed by atoms with Gasteiger partial charge in [-0.2, -0.15) is 4.31 Å². The molecule has 2 aliphatic heterocycles. The van der Waals surface area contributed by atoms with Crippen LogP contribution in [0.15, 0.2) is 47.5 Å². The number of ether oxygens (including phenoxy) is 1. The van der Waals surface area contributed by atoms with Crippen molar-refractivity contribution in [3.63, 3.8) is 0 Å². The maximum atomic E-state index is 13.5. The van der Waals surface area contributed by atoms with Gasteiger partial charge in [-0.3, -0.25) is 4.79 Å². The summed E-state index contributed by atoms with van der Waals surface area (Å²) in [5, 5.41) is 0. The number of carbonyl (C=O) groups excluding carboxylic acids is 1. The normalized spacial score (nSPS) is 22.9. The summed E-state index contributed by atoms with van der Waals surface area (Å²) < 4.78 is 36.7. The van der Waals surface area contributed by atoms with Crippen molar-refractivity contribution in [3.05, 3.63) is 48.3 Å². The number of rotatable bonds is 3. The second kappa shape index (κ2) is 7.67. The molecule has 1 saturated carbocycles. The first-order valence-corrected chi connectivity index (χ1v) is 12.4. The van der Waals surface area contributed by atoms with Gasteiger partial charge in [0.1, 0.15) is 16.3 Å². The van der Waals surface area contributed by atoms with Gasteiger partial charge in [0, 0.05) is 44.8 Å². The number of piperidine rings is 1. The summed E-state index contributed by atoms with van der Waals surface area (Å²) in [7, 11) is -1.75. The SMILES string of the molecule is Cn1cccc1C(=O)N1CCC2(CC1)COc1ccccc1S(=O)(=O)N(CC1CC1)C2. The van der Waals surface area contributed by atoms with Gasteiger partial charge in [-0.15, -0.1) is 0 Å². The van der Waals surface area contributed by atoms with Crippen molar-refractivity contribution in [2.75, 3.05) is 32.8 Å². The van der Waals surface area contributed by atoms with E-state index in [1.54, 1.807) is 22.5 Å². The lowest BCUT2D eigenvalue weighted by molar-refractivity contribution is 0.0291. The van der Waals surface area contributed by atoms with Crippen molar-refractivity contribution in [3.8, 4) is 5.75 Å². The predicted octanol–water partition coefficient (Wildman–Crippen LogP) is 2.74. The quantitative estimate of drug-likeness (QED) is 0.731. The highest BCUT2D eigenvalue weighted by Crippen LogP contribution is 2.41. The number of nitrogens with zero attached hydrogens (tertiary/aromatic N) is 3. The minimum atomic E-state index is -3.62. The number of hydrogen-bond donors (Lipinski definition) is 0. The van der Waals surface area contributed by atoms with E-state index in [0.717, 1.165) is 25.7 Å². The molecule has 1 aromatic carbocycles. The van der Waals surface area contributed by atoms with Crippen LogP contribution in [0.2, 0.25) is 0 Å². The van der Waals surface area contributed by atoms with Gasteiger partial charge in [0.2, 0.25) is 10.0 Å². The van der Waals surface area contributed by atoms with Crippen LogP contribution in [0.4, 0.5) is 0 Å². The van der Waals surface area contributed by atoms with Crippen LogP contribution in [0, 0.1) is 11.3 Å². The number of hydrogen-bond acceptors (Lipinski definition) is 4. The smallest absolute Gasteiger partial charge is 0.270 e. The average molecular weight is 444 g/mol. The third-order valence-corrected chi connectivity index (χ3v) is 8.80. The highest BCUT2D eigenvalue weighted by atomic mass is 32.2. The van der Waals surface area contributed by atoms with Gasteiger partial charge in [-0.1, -0.05) is 12.1 Å². The lowest BCUT2D eigenvalue weighted by atomic mass is 9.78. The number of likely N-dealkylation sites (tertiary alicyclic amines) is 1. The number of sulfonamides is 1. The van der Waals surface area contributed by atoms with Gasteiger partial charge in [0.05, 0.1) is 6.61 Å². The Hall–Kier alpha value is -2.32. The Bertz CT molecular complexity index is 1080. The Kier molecular flexibility index (Phi) is 5.09. The first-order chi connectivity index (χ1) is 14.9. The minimum absolute atomic E-state index is 0.0296. The second-order valence-corrected chi connectivity index (χ2v) is 11.2. The summed E-state index contributed by atoms with van der Waals surface area (Å²) in [4.78, 5) is 15.1. The molecule has 1 spiro atoms. The Morgan fingerprint density at radius 3 is 2.55 bits per heavy atom. The molecule has 3 aliphatic rings. The van der Waals surface area contributed by atoms with E-state index in [1.807, 2.05) is 40.9 Å². The molecule has 8 heteroatoms. The van der Waals surface area contributed by atoms with E-state index in [-0.39, 0.29) is 16.2 Å². The van der Waals surface area contributed by atoms with Gasteiger partial charge in [0.25, 0.3) is 5.91 Å². The number of benzene rings is 1. The lowest BCUT2D eigenvalue weighted by Crippen LogP contribution is -2.52. The van der Waals surface area contributed by atoms with E-state index in [4.69, 9.17) is 4.74 Å². The van der Waals surface area contributed by atoms with Crippen LogP contribution in [0.1, 0.15) is 36.2 Å². The summed E-state index contributed by atoms with van der Waals surface area (Å²) in [5.74, 6) is 0.921. The zero-order valence-electron chi connectivity index (χ0n) is 17.9. The summed E-state index contributed by atoms with van der Waals surface area (Å²) in [6, 6.07) is 10.7. The Morgan fingerprint density at radius 2 is 1.87 bits per heavy atom. The van der Waals surface area contributed by atoms with Gasteiger partial charge in [0.15, 0.2) is 0 Å². The topological polar surface area (TPSA) is 71.8 Å². The molecule has 2 aromatic rings. The van der Waals surface area contributed by atoms with E-state index in [0.29, 0.717) is 50.1 Å². The van der Waals surface area contributed by atoms with E-state index >= 15 is 0 Å². The molecule has 0 bridgehead atoms. The largest absolute Gasteiger partial charge is 0.492 e. The summed E-state index contributed by atoms with van der Waals surface area (Å²) in [6.45, 7) is 2.70. The molecule has 0 N–H and O–H groups in total. The summed E-state index contributed by atoms with van der Waals surface area (Å²) in [5.41, 5.74) is 0.386. The zero-order valence-corrected chi connectivity index (χ0v) is 18.7. The van der Waals surface area contributed by atoms with Crippen LogP contribution in [0.25, 0.3) is 0 Å². The van der Waals surface area contributed by atoms with Crippen molar-refractivity contribution in [2.24, 2.45) is 18.4 Å². The van der Waals surface area contributed by atoms with Gasteiger partial charge in [-0.05, 0) is 55.9 Å². The fourth-order valence-corrected chi connectivity index (χ4v) is 6.50. The monoisotopic (exact) mass is 443 g/mol. The maximum Gasteiger partial charge on any atom is 0.270 e. The molecular weight excluding hydrogens is 414 g/mol. The number of amides is 1. The van der Waals surface area contributed by atoms with Gasteiger partial charge in [-0.25, -0.2) is 8.42 Å². The first-order valence-electron chi connectivity index (χ1n) is 11.0. The summed E-state index contributed by atoms with van der Waals surface area (Å²) in [6.07, 6.45) is 5.51. The molecule has 5 rings (SSSR count). The third kappa shape index (κ3) is 3.87. The number of para-hydroxylation sites is 1. The van der Waals surface area contributed by atoms with Crippen molar-refractivity contribution in [2.45, 2.75) is 30.6 Å². The molecule has 1 aliphatic carbocycles. The summed E-state index contributed by atoms with van der Waals surface area (Å²) >= 11 is 0. The van der Waals surface area contributed by atoms with Crippen LogP contribution in [0.3, 0.4) is 0 Å². The van der Waals surface area contributed by atoms with Gasteiger partial charge >= 0.3 is 0 Å². The third-order valence-electron chi connectivity index (χ3n) is 6.95. The maximum absolute atomic E-state index is 13.5. The van der Waals surface area contributed by atoms with Crippen molar-refractivity contribution < 1.29 is 17.9 Å². The molecule has 1 aromatic heterocycles. The van der Waals surface area contributed by atoms with E-state index in [1.165, 1.54) is 0 Å². The van der Waals surface area contributed by atoms with Crippen LogP contribution in [-0.4, -0.2) is 60.9 Å². The van der Waals surface area contributed by atoms with E-state index in [2.05, 4.69) is 0 Å².